The van der Waals surface area contributed by atoms with Crippen molar-refractivity contribution in [2.45, 2.75) is 57.5 Å². The number of hydrogen-bond acceptors (Lipinski definition) is 4. The molecule has 6 nitrogen and oxygen atoms in total. The Morgan fingerprint density at radius 3 is 2.37 bits per heavy atom. The number of nitrogens with zero attached hydrogens (tertiary/aromatic N) is 2. The second kappa shape index (κ2) is 8.63. The highest BCUT2D eigenvalue weighted by Crippen LogP contribution is 2.36. The van der Waals surface area contributed by atoms with Gasteiger partial charge < -0.3 is 19.3 Å². The fourth-order valence-electron chi connectivity index (χ4n) is 4.29. The molecule has 1 aliphatic carbocycles. The van der Waals surface area contributed by atoms with Crippen LogP contribution in [0.3, 0.4) is 0 Å². The SMILES string of the molecule is CCCN1C(=O)CN(C2CCCCC2)C(=O)[C@H]1c1ccc(OC)c(OC)c1. The Morgan fingerprint density at radius 2 is 1.74 bits per heavy atom. The van der Waals surface area contributed by atoms with Crippen LogP contribution in [0.4, 0.5) is 0 Å². The van der Waals surface area contributed by atoms with Crippen LogP contribution in [0, 0.1) is 0 Å². The molecule has 0 unspecified atom stereocenters. The summed E-state index contributed by atoms with van der Waals surface area (Å²) in [5.41, 5.74) is 0.778. The monoisotopic (exact) mass is 374 g/mol. The highest BCUT2D eigenvalue weighted by molar-refractivity contribution is 5.96. The molecule has 0 aromatic heterocycles. The number of methoxy groups -OCH3 is 2. The Kier molecular flexibility index (Phi) is 6.24. The highest BCUT2D eigenvalue weighted by Gasteiger charge is 2.42. The molecule has 1 saturated heterocycles. The molecule has 0 spiro atoms. The molecule has 0 N–H and O–H groups in total. The molecule has 1 saturated carbocycles. The number of carbonyl (C=O) groups excluding carboxylic acids is 2. The Morgan fingerprint density at radius 1 is 1.04 bits per heavy atom. The van der Waals surface area contributed by atoms with Gasteiger partial charge in [-0.15, -0.1) is 0 Å². The molecule has 1 aromatic rings. The van der Waals surface area contributed by atoms with Crippen molar-refractivity contribution in [3.63, 3.8) is 0 Å². The second-order valence-electron chi connectivity index (χ2n) is 7.36. The number of amides is 2. The Hall–Kier alpha value is -2.24. The lowest BCUT2D eigenvalue weighted by Gasteiger charge is -2.44. The van der Waals surface area contributed by atoms with E-state index in [9.17, 15) is 9.59 Å². The van der Waals surface area contributed by atoms with Crippen LogP contribution >= 0.6 is 0 Å². The zero-order valence-electron chi connectivity index (χ0n) is 16.6. The van der Waals surface area contributed by atoms with Crippen LogP contribution < -0.4 is 9.47 Å². The van der Waals surface area contributed by atoms with E-state index in [0.717, 1.165) is 37.7 Å². The molecular formula is C21H30N2O4. The molecule has 1 aliphatic heterocycles. The van der Waals surface area contributed by atoms with Crippen molar-refractivity contribution < 1.29 is 19.1 Å². The van der Waals surface area contributed by atoms with Gasteiger partial charge in [0.2, 0.25) is 5.91 Å². The van der Waals surface area contributed by atoms with Crippen molar-refractivity contribution in [2.24, 2.45) is 0 Å². The minimum atomic E-state index is -0.590. The van der Waals surface area contributed by atoms with Crippen molar-refractivity contribution in [3.8, 4) is 11.5 Å². The summed E-state index contributed by atoms with van der Waals surface area (Å²) >= 11 is 0. The van der Waals surface area contributed by atoms with Gasteiger partial charge in [-0.05, 0) is 37.0 Å². The molecule has 1 atom stereocenters. The van der Waals surface area contributed by atoms with E-state index in [1.54, 1.807) is 25.2 Å². The lowest BCUT2D eigenvalue weighted by atomic mass is 9.91. The maximum absolute atomic E-state index is 13.5. The first-order valence-electron chi connectivity index (χ1n) is 9.92. The highest BCUT2D eigenvalue weighted by atomic mass is 16.5. The third-order valence-electron chi connectivity index (χ3n) is 5.66. The summed E-state index contributed by atoms with van der Waals surface area (Å²) in [4.78, 5) is 29.9. The van der Waals surface area contributed by atoms with Crippen LogP contribution in [0.2, 0.25) is 0 Å². The van der Waals surface area contributed by atoms with Crippen LogP contribution in [0.25, 0.3) is 0 Å². The van der Waals surface area contributed by atoms with Gasteiger partial charge in [-0.1, -0.05) is 32.3 Å². The fourth-order valence-corrected chi connectivity index (χ4v) is 4.29. The van der Waals surface area contributed by atoms with Gasteiger partial charge in [0, 0.05) is 12.6 Å². The lowest BCUT2D eigenvalue weighted by Crippen LogP contribution is -2.58. The molecule has 2 amide bonds. The van der Waals surface area contributed by atoms with Crippen LogP contribution in [0.15, 0.2) is 18.2 Å². The minimum Gasteiger partial charge on any atom is -0.493 e. The molecule has 6 heteroatoms. The van der Waals surface area contributed by atoms with E-state index >= 15 is 0 Å². The number of benzene rings is 1. The summed E-state index contributed by atoms with van der Waals surface area (Å²) in [6.07, 6.45) is 6.27. The summed E-state index contributed by atoms with van der Waals surface area (Å²) in [6.45, 7) is 2.80. The topological polar surface area (TPSA) is 59.1 Å². The first-order valence-corrected chi connectivity index (χ1v) is 9.92. The van der Waals surface area contributed by atoms with Gasteiger partial charge in [0.15, 0.2) is 11.5 Å². The minimum absolute atomic E-state index is 0.0295. The number of ether oxygens (including phenoxy) is 2. The molecule has 0 bridgehead atoms. The summed E-state index contributed by atoms with van der Waals surface area (Å²) in [7, 11) is 3.16. The molecule has 1 aromatic carbocycles. The second-order valence-corrected chi connectivity index (χ2v) is 7.36. The van der Waals surface area contributed by atoms with E-state index < -0.39 is 6.04 Å². The van der Waals surface area contributed by atoms with Gasteiger partial charge in [-0.25, -0.2) is 0 Å². The number of piperazine rings is 1. The third kappa shape index (κ3) is 3.89. The maximum Gasteiger partial charge on any atom is 0.250 e. The number of carbonyl (C=O) groups is 2. The molecule has 2 aliphatic rings. The molecule has 0 radical (unpaired) electrons. The summed E-state index contributed by atoms with van der Waals surface area (Å²) in [5, 5.41) is 0. The van der Waals surface area contributed by atoms with E-state index in [1.165, 1.54) is 6.42 Å². The third-order valence-corrected chi connectivity index (χ3v) is 5.66. The van der Waals surface area contributed by atoms with Crippen molar-refractivity contribution in [3.05, 3.63) is 23.8 Å². The largest absolute Gasteiger partial charge is 0.493 e. The lowest BCUT2D eigenvalue weighted by molar-refractivity contribution is -0.159. The van der Waals surface area contributed by atoms with Crippen LogP contribution in [0.5, 0.6) is 11.5 Å². The van der Waals surface area contributed by atoms with Crippen LogP contribution in [0.1, 0.15) is 57.1 Å². The summed E-state index contributed by atoms with van der Waals surface area (Å²) in [5.74, 6) is 1.24. The van der Waals surface area contributed by atoms with E-state index in [1.807, 2.05) is 24.0 Å². The van der Waals surface area contributed by atoms with Gasteiger partial charge in [0.1, 0.15) is 12.6 Å². The van der Waals surface area contributed by atoms with Gasteiger partial charge in [-0.3, -0.25) is 9.59 Å². The Labute approximate surface area is 161 Å². The van der Waals surface area contributed by atoms with Crippen LogP contribution in [-0.4, -0.2) is 55.0 Å². The van der Waals surface area contributed by atoms with Crippen LogP contribution in [-0.2, 0) is 9.59 Å². The number of rotatable bonds is 6. The maximum atomic E-state index is 13.5. The molecule has 2 fully saturated rings. The van der Waals surface area contributed by atoms with Crippen molar-refractivity contribution >= 4 is 11.8 Å². The van der Waals surface area contributed by atoms with Crippen molar-refractivity contribution in [1.82, 2.24) is 9.80 Å². The van der Waals surface area contributed by atoms with E-state index in [2.05, 4.69) is 0 Å². The Bertz CT molecular complexity index is 685. The standard InChI is InChI=1S/C21H30N2O4/c1-4-12-22-19(24)14-23(16-8-6-5-7-9-16)21(25)20(22)15-10-11-17(26-2)18(13-15)27-3/h10-11,13,16,20H,4-9,12,14H2,1-3H3/t20-/m1/s1. The predicted octanol–water partition coefficient (Wildman–Crippen LogP) is 3.16. The van der Waals surface area contributed by atoms with Crippen molar-refractivity contribution in [2.75, 3.05) is 27.3 Å². The average Bonchev–Trinajstić information content (AvgIpc) is 2.71. The smallest absolute Gasteiger partial charge is 0.250 e. The molecule has 3 rings (SSSR count). The summed E-state index contributed by atoms with van der Waals surface area (Å²) < 4.78 is 10.7. The summed E-state index contributed by atoms with van der Waals surface area (Å²) in [6, 6.07) is 5.08. The first kappa shape index (κ1) is 19.5. The molecular weight excluding hydrogens is 344 g/mol. The molecule has 1 heterocycles. The molecule has 27 heavy (non-hydrogen) atoms. The predicted molar refractivity (Wildman–Crippen MR) is 103 cm³/mol. The van der Waals surface area contributed by atoms with E-state index in [0.29, 0.717) is 18.0 Å². The first-order chi connectivity index (χ1) is 13.1. The molecule has 148 valence electrons. The normalized spacial score (nSPS) is 21.5. The Balaban J connectivity index is 1.96. The zero-order valence-corrected chi connectivity index (χ0v) is 16.6. The van der Waals surface area contributed by atoms with Crippen molar-refractivity contribution in [1.29, 1.82) is 0 Å². The van der Waals surface area contributed by atoms with E-state index in [4.69, 9.17) is 9.47 Å². The van der Waals surface area contributed by atoms with Gasteiger partial charge in [0.25, 0.3) is 5.91 Å². The fraction of sp³-hybridized carbons (Fsp3) is 0.619. The number of hydrogen-bond donors (Lipinski definition) is 0. The van der Waals surface area contributed by atoms with Gasteiger partial charge in [-0.2, -0.15) is 0 Å². The average molecular weight is 374 g/mol. The quantitative estimate of drug-likeness (QED) is 0.767. The van der Waals surface area contributed by atoms with Gasteiger partial charge >= 0.3 is 0 Å². The van der Waals surface area contributed by atoms with E-state index in [-0.39, 0.29) is 24.4 Å². The zero-order chi connectivity index (χ0) is 19.4. The van der Waals surface area contributed by atoms with Gasteiger partial charge in [0.05, 0.1) is 14.2 Å².